The van der Waals surface area contributed by atoms with Crippen LogP contribution in [0.25, 0.3) is 0 Å². The quantitative estimate of drug-likeness (QED) is 0.554. The van der Waals surface area contributed by atoms with E-state index in [0.29, 0.717) is 12.3 Å². The van der Waals surface area contributed by atoms with Crippen molar-refractivity contribution in [3.8, 4) is 5.75 Å². The predicted octanol–water partition coefficient (Wildman–Crippen LogP) is 0.887. The summed E-state index contributed by atoms with van der Waals surface area (Å²) in [6.45, 7) is 1.87. The molecule has 10 heteroatoms. The second kappa shape index (κ2) is 10.8. The minimum atomic E-state index is -1.47. The summed E-state index contributed by atoms with van der Waals surface area (Å²) in [5.41, 5.74) is 0.865. The molecule has 3 N–H and O–H groups in total. The Morgan fingerprint density at radius 3 is 2.62 bits per heavy atom. The molecule has 1 aliphatic heterocycles. The van der Waals surface area contributed by atoms with Crippen LogP contribution in [0.3, 0.4) is 0 Å². The number of hydrogen-bond donors (Lipinski definition) is 3. The van der Waals surface area contributed by atoms with E-state index < -0.39 is 17.5 Å². The lowest BCUT2D eigenvalue weighted by Crippen LogP contribution is -2.58. The van der Waals surface area contributed by atoms with Gasteiger partial charge in [0, 0.05) is 31.9 Å². The second-order valence-electron chi connectivity index (χ2n) is 7.80. The molecule has 1 amide bonds. The number of aryl methyl sites for hydroxylation is 2. The monoisotopic (exact) mass is 447 g/mol. The molecule has 3 rings (SSSR count). The highest BCUT2D eigenvalue weighted by atomic mass is 16.5. The highest BCUT2D eigenvalue weighted by Gasteiger charge is 2.50. The van der Waals surface area contributed by atoms with E-state index in [0.717, 1.165) is 16.8 Å². The van der Waals surface area contributed by atoms with Crippen LogP contribution in [0.15, 0.2) is 30.5 Å². The molecule has 1 aromatic carbocycles. The van der Waals surface area contributed by atoms with Gasteiger partial charge in [0.25, 0.3) is 6.47 Å². The largest absolute Gasteiger partial charge is 0.497 e. The van der Waals surface area contributed by atoms with E-state index in [1.54, 1.807) is 54.2 Å². The van der Waals surface area contributed by atoms with Gasteiger partial charge >= 0.3 is 5.97 Å². The summed E-state index contributed by atoms with van der Waals surface area (Å²) < 4.78 is 6.88. The molecule has 0 unspecified atom stereocenters. The van der Waals surface area contributed by atoms with Gasteiger partial charge < -0.3 is 25.0 Å². The number of aromatic nitrogens is 2. The van der Waals surface area contributed by atoms with Crippen LogP contribution in [0.2, 0.25) is 0 Å². The number of likely N-dealkylation sites (tertiary alicyclic amines) is 1. The molecule has 1 aliphatic rings. The maximum atomic E-state index is 12.9. The van der Waals surface area contributed by atoms with E-state index >= 15 is 0 Å². The van der Waals surface area contributed by atoms with Crippen LogP contribution in [0.1, 0.15) is 23.2 Å². The van der Waals surface area contributed by atoms with Crippen LogP contribution >= 0.6 is 0 Å². The third-order valence-electron chi connectivity index (χ3n) is 5.67. The van der Waals surface area contributed by atoms with Crippen molar-refractivity contribution < 1.29 is 34.4 Å². The molecule has 2 heterocycles. The number of aliphatic carboxylic acids is 1. The number of piperidine rings is 1. The van der Waals surface area contributed by atoms with Gasteiger partial charge in [-0.25, -0.2) is 0 Å². The van der Waals surface area contributed by atoms with Crippen molar-refractivity contribution >= 4 is 18.3 Å². The van der Waals surface area contributed by atoms with Gasteiger partial charge in [0.05, 0.1) is 25.3 Å². The molecule has 2 atom stereocenters. The third kappa shape index (κ3) is 5.64. The second-order valence-corrected chi connectivity index (χ2v) is 7.80. The fourth-order valence-corrected chi connectivity index (χ4v) is 4.00. The zero-order valence-electron chi connectivity index (χ0n) is 18.4. The number of hydrogen-bond acceptors (Lipinski definition) is 6. The minimum absolute atomic E-state index is 0.0428. The van der Waals surface area contributed by atoms with Crippen LogP contribution in [0.5, 0.6) is 5.75 Å². The maximum absolute atomic E-state index is 12.9. The van der Waals surface area contributed by atoms with Crippen LogP contribution in [0.4, 0.5) is 0 Å². The Morgan fingerprint density at radius 2 is 2.06 bits per heavy atom. The lowest BCUT2D eigenvalue weighted by Gasteiger charge is -2.43. The van der Waals surface area contributed by atoms with Crippen LogP contribution in [0, 0.1) is 12.3 Å². The van der Waals surface area contributed by atoms with Crippen molar-refractivity contribution in [2.24, 2.45) is 12.5 Å². The highest BCUT2D eigenvalue weighted by molar-refractivity contribution is 5.82. The van der Waals surface area contributed by atoms with E-state index in [-0.39, 0.29) is 38.2 Å². The Balaban J connectivity index is 0.00000114. The number of methoxy groups -OCH3 is 1. The Hall–Kier alpha value is -3.40. The van der Waals surface area contributed by atoms with E-state index in [9.17, 15) is 19.8 Å². The fourth-order valence-electron chi connectivity index (χ4n) is 4.00. The summed E-state index contributed by atoms with van der Waals surface area (Å²) in [5.74, 6) is -0.652. The Bertz CT molecular complexity index is 959. The van der Waals surface area contributed by atoms with Crippen molar-refractivity contribution in [1.29, 1.82) is 0 Å². The minimum Gasteiger partial charge on any atom is -0.497 e. The summed E-state index contributed by atoms with van der Waals surface area (Å²) in [6, 6.07) is 7.13. The number of carbonyl (C=O) groups is 3. The molecule has 1 aromatic heterocycles. The molecule has 2 aromatic rings. The lowest BCUT2D eigenvalue weighted by atomic mass is 9.72. The number of carboxylic acids is 1. The number of ether oxygens (including phenoxy) is 1. The molecule has 0 saturated carbocycles. The number of aliphatic hydroxyl groups excluding tert-OH is 1. The zero-order chi connectivity index (χ0) is 23.9. The molecule has 0 aliphatic carbocycles. The van der Waals surface area contributed by atoms with Crippen molar-refractivity contribution in [3.05, 3.63) is 47.3 Å². The lowest BCUT2D eigenvalue weighted by molar-refractivity contribution is -0.165. The summed E-state index contributed by atoms with van der Waals surface area (Å²) in [6.07, 6.45) is 1.23. The Morgan fingerprint density at radius 1 is 1.38 bits per heavy atom. The van der Waals surface area contributed by atoms with Gasteiger partial charge in [0.2, 0.25) is 5.91 Å². The first-order valence-electron chi connectivity index (χ1n) is 10.1. The number of carbonyl (C=O) groups excluding carboxylic acids is 1. The van der Waals surface area contributed by atoms with Gasteiger partial charge in [0.1, 0.15) is 11.2 Å². The van der Waals surface area contributed by atoms with Gasteiger partial charge in [-0.2, -0.15) is 5.10 Å². The Labute approximate surface area is 186 Å². The van der Waals surface area contributed by atoms with Gasteiger partial charge in [-0.05, 0) is 37.5 Å². The van der Waals surface area contributed by atoms with Crippen LogP contribution in [-0.2, 0) is 34.3 Å². The first kappa shape index (κ1) is 24.9. The van der Waals surface area contributed by atoms with Gasteiger partial charge in [0.15, 0.2) is 0 Å². The number of amides is 1. The topological polar surface area (TPSA) is 142 Å². The zero-order valence-corrected chi connectivity index (χ0v) is 18.4. The molecule has 0 bridgehead atoms. The van der Waals surface area contributed by atoms with E-state index in [1.165, 1.54) is 0 Å². The fraction of sp³-hybridized carbons (Fsp3) is 0.455. The summed E-state index contributed by atoms with van der Waals surface area (Å²) in [7, 11) is 3.34. The average Bonchev–Trinajstić information content (AvgIpc) is 3.06. The van der Waals surface area contributed by atoms with E-state index in [1.807, 2.05) is 6.92 Å². The highest BCUT2D eigenvalue weighted by Crippen LogP contribution is 2.35. The van der Waals surface area contributed by atoms with Crippen molar-refractivity contribution in [3.63, 3.8) is 0 Å². The summed E-state index contributed by atoms with van der Waals surface area (Å²) >= 11 is 0. The maximum Gasteiger partial charge on any atom is 0.314 e. The van der Waals surface area contributed by atoms with Crippen molar-refractivity contribution in [2.45, 2.75) is 32.3 Å². The average molecular weight is 447 g/mol. The number of aliphatic hydroxyl groups is 1. The standard InChI is InChI=1S/C21H27N3O5.CH2O2/c1-14-16(12-23(2)22-14)10-19(26)24-8-7-18(25)21(13-24,20(27)28)11-15-5-4-6-17(9-15)29-3;2-1-3/h4-6,9,12,18,25H,7-8,10-11,13H2,1-3H3,(H,27,28);1H,(H,2,3)/t18-,21+;/m0./s1. The van der Waals surface area contributed by atoms with Crippen LogP contribution < -0.4 is 4.74 Å². The van der Waals surface area contributed by atoms with Gasteiger partial charge in [-0.15, -0.1) is 0 Å². The molecule has 10 nitrogen and oxygen atoms in total. The first-order valence-corrected chi connectivity index (χ1v) is 10.1. The predicted molar refractivity (Wildman–Crippen MR) is 114 cm³/mol. The van der Waals surface area contributed by atoms with Gasteiger partial charge in [-0.3, -0.25) is 19.1 Å². The molecular weight excluding hydrogens is 418 g/mol. The molecule has 0 radical (unpaired) electrons. The van der Waals surface area contributed by atoms with Crippen LogP contribution in [-0.4, -0.2) is 74.7 Å². The SMILES string of the molecule is COc1cccc(C[C@@]2(C(=O)O)CN(C(=O)Cc3cn(C)nc3C)CC[C@@H]2O)c1.O=CO. The molecule has 1 fully saturated rings. The first-order chi connectivity index (χ1) is 15.2. The molecule has 0 spiro atoms. The van der Waals surface area contributed by atoms with Crippen molar-refractivity contribution in [1.82, 2.24) is 14.7 Å². The summed E-state index contributed by atoms with van der Waals surface area (Å²) in [4.78, 5) is 35.1. The van der Waals surface area contributed by atoms with E-state index in [4.69, 9.17) is 14.6 Å². The molecule has 174 valence electrons. The van der Waals surface area contributed by atoms with Crippen molar-refractivity contribution in [2.75, 3.05) is 20.2 Å². The van der Waals surface area contributed by atoms with Gasteiger partial charge in [-0.1, -0.05) is 12.1 Å². The molecule has 32 heavy (non-hydrogen) atoms. The summed E-state index contributed by atoms with van der Waals surface area (Å²) in [5, 5.41) is 31.8. The molecule has 1 saturated heterocycles. The van der Waals surface area contributed by atoms with E-state index in [2.05, 4.69) is 5.10 Å². The number of nitrogens with zero attached hydrogens (tertiary/aromatic N) is 3. The molecular formula is C22H29N3O7. The normalized spacial score (nSPS) is 20.1. The number of carboxylic acid groups (broad SMARTS) is 2. The third-order valence-corrected chi connectivity index (χ3v) is 5.67. The number of benzene rings is 1. The Kier molecular flexibility index (Phi) is 8.36. The smallest absolute Gasteiger partial charge is 0.314 e. The number of rotatable bonds is 6.